The van der Waals surface area contributed by atoms with Crippen LogP contribution in [0.1, 0.15) is 24.5 Å². The third kappa shape index (κ3) is 5.85. The van der Waals surface area contributed by atoms with Gasteiger partial charge in [0.2, 0.25) is 5.91 Å². The summed E-state index contributed by atoms with van der Waals surface area (Å²) in [6.45, 7) is 4.82. The van der Waals surface area contributed by atoms with Gasteiger partial charge in [-0.3, -0.25) is 4.79 Å². The first-order valence-electron chi connectivity index (χ1n) is 6.70. The maximum absolute atomic E-state index is 11.4. The molecule has 4 nitrogen and oxygen atoms in total. The van der Waals surface area contributed by atoms with Crippen molar-refractivity contribution in [1.29, 1.82) is 0 Å². The summed E-state index contributed by atoms with van der Waals surface area (Å²) >= 11 is 0. The molecule has 4 heteroatoms. The Bertz CT molecular complexity index is 391. The van der Waals surface area contributed by atoms with E-state index in [0.717, 1.165) is 13.2 Å². The van der Waals surface area contributed by atoms with E-state index < -0.39 is 0 Å². The molecule has 0 atom stereocenters. The molecule has 0 aliphatic carbocycles. The minimum atomic E-state index is 0.148. The van der Waals surface area contributed by atoms with Crippen molar-refractivity contribution in [3.05, 3.63) is 35.4 Å². The molecule has 1 aromatic carbocycles. The first kappa shape index (κ1) is 15.7. The summed E-state index contributed by atoms with van der Waals surface area (Å²) in [5.74, 6) is 0.148. The van der Waals surface area contributed by atoms with E-state index in [2.05, 4.69) is 17.4 Å². The van der Waals surface area contributed by atoms with E-state index in [1.165, 1.54) is 11.1 Å². The smallest absolute Gasteiger partial charge is 0.223 e. The minimum absolute atomic E-state index is 0.148. The summed E-state index contributed by atoms with van der Waals surface area (Å²) in [6.07, 6.45) is 0.528. The fourth-order valence-corrected chi connectivity index (χ4v) is 1.72. The summed E-state index contributed by atoms with van der Waals surface area (Å²) < 4.78 is 5.45. The second kappa shape index (κ2) is 8.67. The lowest BCUT2D eigenvalue weighted by atomic mass is 10.1. The first-order chi connectivity index (χ1) is 9.15. The first-order valence-corrected chi connectivity index (χ1v) is 6.70. The molecule has 1 amide bonds. The molecule has 0 bridgehead atoms. The highest BCUT2D eigenvalue weighted by Gasteiger charge is 2.04. The van der Waals surface area contributed by atoms with Crippen molar-refractivity contribution in [3.8, 4) is 0 Å². The number of carbonyl (C=O) groups is 1. The second-order valence-corrected chi connectivity index (χ2v) is 4.62. The van der Waals surface area contributed by atoms with Crippen molar-refractivity contribution in [3.63, 3.8) is 0 Å². The Morgan fingerprint density at radius 1 is 1.26 bits per heavy atom. The summed E-state index contributed by atoms with van der Waals surface area (Å²) in [7, 11) is 3.56. The van der Waals surface area contributed by atoms with Crippen molar-refractivity contribution in [1.82, 2.24) is 10.2 Å². The standard InChI is InChI=1S/C15H24N2O2/c1-4-19-12-14-8-6-5-7-13(14)11-16-10-9-15(18)17(2)3/h5-8,16H,4,9-12H2,1-3H3. The maximum atomic E-state index is 11.4. The molecule has 0 aliphatic heterocycles. The summed E-state index contributed by atoms with van der Waals surface area (Å²) in [6, 6.07) is 8.22. The van der Waals surface area contributed by atoms with E-state index in [9.17, 15) is 4.79 Å². The number of nitrogens with zero attached hydrogens (tertiary/aromatic N) is 1. The van der Waals surface area contributed by atoms with Crippen LogP contribution in [0.15, 0.2) is 24.3 Å². The Hall–Kier alpha value is -1.39. The normalized spacial score (nSPS) is 10.5. The number of hydrogen-bond donors (Lipinski definition) is 1. The quantitative estimate of drug-likeness (QED) is 0.728. The molecule has 0 spiro atoms. The molecule has 0 saturated heterocycles. The molecule has 0 heterocycles. The van der Waals surface area contributed by atoms with E-state index in [1.54, 1.807) is 19.0 Å². The largest absolute Gasteiger partial charge is 0.377 e. The third-order valence-corrected chi connectivity index (χ3v) is 2.91. The molecule has 106 valence electrons. The Morgan fingerprint density at radius 2 is 1.95 bits per heavy atom. The van der Waals surface area contributed by atoms with Gasteiger partial charge in [-0.2, -0.15) is 0 Å². The van der Waals surface area contributed by atoms with E-state index in [4.69, 9.17) is 4.74 Å². The van der Waals surface area contributed by atoms with Crippen LogP contribution in [0.5, 0.6) is 0 Å². The van der Waals surface area contributed by atoms with Crippen LogP contribution in [0.3, 0.4) is 0 Å². The van der Waals surface area contributed by atoms with Crippen molar-refractivity contribution in [2.75, 3.05) is 27.2 Å². The number of benzene rings is 1. The number of amides is 1. The van der Waals surface area contributed by atoms with Crippen LogP contribution in [0.2, 0.25) is 0 Å². The summed E-state index contributed by atoms with van der Waals surface area (Å²) in [4.78, 5) is 13.0. The molecule has 0 fully saturated rings. The molecule has 0 radical (unpaired) electrons. The highest BCUT2D eigenvalue weighted by molar-refractivity contribution is 5.75. The molecule has 0 unspecified atom stereocenters. The molecule has 0 aliphatic rings. The molecular formula is C15H24N2O2. The topological polar surface area (TPSA) is 41.6 Å². The van der Waals surface area contributed by atoms with Gasteiger partial charge in [-0.25, -0.2) is 0 Å². The lowest BCUT2D eigenvalue weighted by Gasteiger charge is -2.12. The van der Waals surface area contributed by atoms with Gasteiger partial charge >= 0.3 is 0 Å². The van der Waals surface area contributed by atoms with Gasteiger partial charge in [0, 0.05) is 40.2 Å². The Labute approximate surface area is 115 Å². The maximum Gasteiger partial charge on any atom is 0.223 e. The van der Waals surface area contributed by atoms with Gasteiger partial charge in [-0.05, 0) is 18.1 Å². The average molecular weight is 264 g/mol. The molecular weight excluding hydrogens is 240 g/mol. The zero-order chi connectivity index (χ0) is 14.1. The van der Waals surface area contributed by atoms with Crippen molar-refractivity contribution in [2.45, 2.75) is 26.5 Å². The van der Waals surface area contributed by atoms with Gasteiger partial charge in [0.25, 0.3) is 0 Å². The van der Waals surface area contributed by atoms with Crippen LogP contribution in [0.4, 0.5) is 0 Å². The lowest BCUT2D eigenvalue weighted by molar-refractivity contribution is -0.128. The van der Waals surface area contributed by atoms with Crippen molar-refractivity contribution in [2.24, 2.45) is 0 Å². The van der Waals surface area contributed by atoms with Gasteiger partial charge in [-0.1, -0.05) is 24.3 Å². The Morgan fingerprint density at radius 3 is 2.58 bits per heavy atom. The second-order valence-electron chi connectivity index (χ2n) is 4.62. The number of nitrogens with one attached hydrogen (secondary N) is 1. The lowest BCUT2D eigenvalue weighted by Crippen LogP contribution is -2.26. The predicted molar refractivity (Wildman–Crippen MR) is 76.8 cm³/mol. The highest BCUT2D eigenvalue weighted by Crippen LogP contribution is 2.09. The number of rotatable bonds is 8. The van der Waals surface area contributed by atoms with Gasteiger partial charge in [0.05, 0.1) is 6.61 Å². The van der Waals surface area contributed by atoms with Crippen LogP contribution < -0.4 is 5.32 Å². The predicted octanol–water partition coefficient (Wildman–Crippen LogP) is 1.79. The third-order valence-electron chi connectivity index (χ3n) is 2.91. The van der Waals surface area contributed by atoms with E-state index >= 15 is 0 Å². The molecule has 19 heavy (non-hydrogen) atoms. The zero-order valence-corrected chi connectivity index (χ0v) is 12.1. The van der Waals surface area contributed by atoms with E-state index in [-0.39, 0.29) is 5.91 Å². The summed E-state index contributed by atoms with van der Waals surface area (Å²) in [5.41, 5.74) is 2.43. The molecule has 1 N–H and O–H groups in total. The molecule has 1 rings (SSSR count). The van der Waals surface area contributed by atoms with Gasteiger partial charge in [-0.15, -0.1) is 0 Å². The fourth-order valence-electron chi connectivity index (χ4n) is 1.72. The van der Waals surface area contributed by atoms with Gasteiger partial charge in [0.1, 0.15) is 0 Å². The summed E-state index contributed by atoms with van der Waals surface area (Å²) in [5, 5.41) is 3.30. The van der Waals surface area contributed by atoms with E-state index in [0.29, 0.717) is 19.6 Å². The van der Waals surface area contributed by atoms with Crippen molar-refractivity contribution >= 4 is 5.91 Å². The fraction of sp³-hybridized carbons (Fsp3) is 0.533. The number of hydrogen-bond acceptors (Lipinski definition) is 3. The number of carbonyl (C=O) groups excluding carboxylic acids is 1. The Balaban J connectivity index is 2.38. The SMILES string of the molecule is CCOCc1ccccc1CNCCC(=O)N(C)C. The highest BCUT2D eigenvalue weighted by atomic mass is 16.5. The molecule has 0 aromatic heterocycles. The number of ether oxygens (including phenoxy) is 1. The van der Waals surface area contributed by atoms with Crippen LogP contribution in [0.25, 0.3) is 0 Å². The van der Waals surface area contributed by atoms with Crippen LogP contribution >= 0.6 is 0 Å². The van der Waals surface area contributed by atoms with Gasteiger partial charge in [0.15, 0.2) is 0 Å². The Kier molecular flexibility index (Phi) is 7.15. The monoisotopic (exact) mass is 264 g/mol. The minimum Gasteiger partial charge on any atom is -0.377 e. The van der Waals surface area contributed by atoms with Crippen molar-refractivity contribution < 1.29 is 9.53 Å². The molecule has 0 saturated carbocycles. The van der Waals surface area contributed by atoms with Crippen LogP contribution in [-0.2, 0) is 22.7 Å². The van der Waals surface area contributed by atoms with Crippen LogP contribution in [0, 0.1) is 0 Å². The van der Waals surface area contributed by atoms with Gasteiger partial charge < -0.3 is 15.0 Å². The average Bonchev–Trinajstić information content (AvgIpc) is 2.42. The van der Waals surface area contributed by atoms with E-state index in [1.807, 2.05) is 19.1 Å². The zero-order valence-electron chi connectivity index (χ0n) is 12.1. The molecule has 1 aromatic rings. The van der Waals surface area contributed by atoms with Crippen LogP contribution in [-0.4, -0.2) is 38.1 Å².